The van der Waals surface area contributed by atoms with E-state index in [0.717, 1.165) is 25.7 Å². The van der Waals surface area contributed by atoms with Crippen LogP contribution in [-0.2, 0) is 14.2 Å². The van der Waals surface area contributed by atoms with Crippen LogP contribution in [0, 0.1) is 0 Å². The molecule has 104 valence electrons. The standard InChI is InChI=1S/C14H30O3/c1-6-12(7-2)16-11-14(9-4)17-10-13(8-3)15-5/h12-14H,6-11H2,1-5H3. The summed E-state index contributed by atoms with van der Waals surface area (Å²) >= 11 is 0. The molecule has 3 heteroatoms. The molecule has 17 heavy (non-hydrogen) atoms. The maximum absolute atomic E-state index is 5.83. The lowest BCUT2D eigenvalue weighted by Gasteiger charge is -2.22. The van der Waals surface area contributed by atoms with Crippen LogP contribution in [-0.4, -0.2) is 38.6 Å². The Morgan fingerprint density at radius 3 is 1.47 bits per heavy atom. The van der Waals surface area contributed by atoms with Crippen molar-refractivity contribution < 1.29 is 14.2 Å². The van der Waals surface area contributed by atoms with Crippen LogP contribution >= 0.6 is 0 Å². The van der Waals surface area contributed by atoms with Gasteiger partial charge in [0.15, 0.2) is 0 Å². The van der Waals surface area contributed by atoms with E-state index < -0.39 is 0 Å². The average Bonchev–Trinajstić information content (AvgIpc) is 2.38. The predicted molar refractivity (Wildman–Crippen MR) is 71.4 cm³/mol. The molecule has 0 N–H and O–H groups in total. The summed E-state index contributed by atoms with van der Waals surface area (Å²) in [6, 6.07) is 0. The largest absolute Gasteiger partial charge is 0.379 e. The monoisotopic (exact) mass is 246 g/mol. The number of hydrogen-bond acceptors (Lipinski definition) is 3. The summed E-state index contributed by atoms with van der Waals surface area (Å²) in [4.78, 5) is 0. The van der Waals surface area contributed by atoms with E-state index in [1.54, 1.807) is 7.11 Å². The smallest absolute Gasteiger partial charge is 0.0807 e. The lowest BCUT2D eigenvalue weighted by molar-refractivity contribution is -0.0757. The fourth-order valence-corrected chi connectivity index (χ4v) is 1.65. The fraction of sp³-hybridized carbons (Fsp3) is 1.00. The zero-order chi connectivity index (χ0) is 13.1. The summed E-state index contributed by atoms with van der Waals surface area (Å²) in [7, 11) is 1.74. The van der Waals surface area contributed by atoms with Crippen LogP contribution < -0.4 is 0 Å². The molecule has 0 radical (unpaired) electrons. The summed E-state index contributed by atoms with van der Waals surface area (Å²) in [5, 5.41) is 0. The van der Waals surface area contributed by atoms with Crippen molar-refractivity contribution in [2.24, 2.45) is 0 Å². The lowest BCUT2D eigenvalue weighted by atomic mass is 10.2. The van der Waals surface area contributed by atoms with E-state index in [0.29, 0.717) is 19.3 Å². The fourth-order valence-electron chi connectivity index (χ4n) is 1.65. The molecular weight excluding hydrogens is 216 g/mol. The molecule has 0 aromatic heterocycles. The van der Waals surface area contributed by atoms with Crippen molar-refractivity contribution in [3.05, 3.63) is 0 Å². The first-order chi connectivity index (χ1) is 8.21. The third-order valence-electron chi connectivity index (χ3n) is 3.19. The van der Waals surface area contributed by atoms with Gasteiger partial charge in [0.1, 0.15) is 0 Å². The normalized spacial score (nSPS) is 15.2. The Labute approximate surface area is 107 Å². The Hall–Kier alpha value is -0.120. The topological polar surface area (TPSA) is 27.7 Å². The molecular formula is C14H30O3. The number of methoxy groups -OCH3 is 1. The maximum atomic E-state index is 5.83. The highest BCUT2D eigenvalue weighted by atomic mass is 16.6. The van der Waals surface area contributed by atoms with E-state index in [2.05, 4.69) is 27.7 Å². The van der Waals surface area contributed by atoms with E-state index in [1.807, 2.05) is 0 Å². The van der Waals surface area contributed by atoms with Gasteiger partial charge < -0.3 is 14.2 Å². The first-order valence-electron chi connectivity index (χ1n) is 6.97. The van der Waals surface area contributed by atoms with Gasteiger partial charge in [-0.2, -0.15) is 0 Å². The average molecular weight is 246 g/mol. The van der Waals surface area contributed by atoms with E-state index in [1.165, 1.54) is 0 Å². The van der Waals surface area contributed by atoms with Crippen molar-refractivity contribution in [1.29, 1.82) is 0 Å². The van der Waals surface area contributed by atoms with Gasteiger partial charge in [0.25, 0.3) is 0 Å². The van der Waals surface area contributed by atoms with Crippen molar-refractivity contribution in [2.75, 3.05) is 20.3 Å². The van der Waals surface area contributed by atoms with Crippen LogP contribution in [0.5, 0.6) is 0 Å². The minimum atomic E-state index is 0.194. The van der Waals surface area contributed by atoms with Gasteiger partial charge in [-0.05, 0) is 25.7 Å². The molecule has 2 atom stereocenters. The highest BCUT2D eigenvalue weighted by molar-refractivity contribution is 4.60. The summed E-state index contributed by atoms with van der Waals surface area (Å²) < 4.78 is 16.9. The summed E-state index contributed by atoms with van der Waals surface area (Å²) in [5.74, 6) is 0. The van der Waals surface area contributed by atoms with E-state index in [-0.39, 0.29) is 12.2 Å². The van der Waals surface area contributed by atoms with Crippen molar-refractivity contribution in [2.45, 2.75) is 71.7 Å². The highest BCUT2D eigenvalue weighted by Gasteiger charge is 2.13. The molecule has 0 rings (SSSR count). The van der Waals surface area contributed by atoms with Gasteiger partial charge >= 0.3 is 0 Å². The Balaban J connectivity index is 3.82. The highest BCUT2D eigenvalue weighted by Crippen LogP contribution is 2.08. The van der Waals surface area contributed by atoms with Crippen LogP contribution in [0.1, 0.15) is 53.4 Å². The summed E-state index contributed by atoms with van der Waals surface area (Å²) in [6.45, 7) is 9.93. The molecule has 0 amide bonds. The van der Waals surface area contributed by atoms with E-state index in [4.69, 9.17) is 14.2 Å². The predicted octanol–water partition coefficient (Wildman–Crippen LogP) is 3.41. The summed E-state index contributed by atoms with van der Waals surface area (Å²) in [6.07, 6.45) is 4.89. The van der Waals surface area contributed by atoms with Gasteiger partial charge in [0.2, 0.25) is 0 Å². The maximum Gasteiger partial charge on any atom is 0.0807 e. The molecule has 0 aromatic rings. The van der Waals surface area contributed by atoms with Crippen LogP contribution in [0.15, 0.2) is 0 Å². The molecule has 0 saturated heterocycles. The molecule has 0 aliphatic rings. The molecule has 3 nitrogen and oxygen atoms in total. The molecule has 0 aromatic carbocycles. The minimum absolute atomic E-state index is 0.194. The Kier molecular flexibility index (Phi) is 10.9. The second-order valence-corrected chi connectivity index (χ2v) is 4.40. The van der Waals surface area contributed by atoms with Crippen molar-refractivity contribution in [3.63, 3.8) is 0 Å². The lowest BCUT2D eigenvalue weighted by Crippen LogP contribution is -2.27. The SMILES string of the molecule is CCC(COC(CC)COC(CC)CC)OC. The second kappa shape index (κ2) is 11.0. The van der Waals surface area contributed by atoms with Gasteiger partial charge in [0.05, 0.1) is 31.5 Å². The molecule has 0 heterocycles. The molecule has 0 aliphatic carbocycles. The second-order valence-electron chi connectivity index (χ2n) is 4.40. The minimum Gasteiger partial charge on any atom is -0.379 e. The van der Waals surface area contributed by atoms with E-state index in [9.17, 15) is 0 Å². The first kappa shape index (κ1) is 16.9. The van der Waals surface area contributed by atoms with Crippen molar-refractivity contribution in [1.82, 2.24) is 0 Å². The van der Waals surface area contributed by atoms with Gasteiger partial charge in [-0.3, -0.25) is 0 Å². The van der Waals surface area contributed by atoms with Crippen molar-refractivity contribution in [3.8, 4) is 0 Å². The zero-order valence-corrected chi connectivity index (χ0v) is 12.2. The number of hydrogen-bond donors (Lipinski definition) is 0. The molecule has 2 unspecified atom stereocenters. The third-order valence-corrected chi connectivity index (χ3v) is 3.19. The molecule has 0 saturated carbocycles. The van der Waals surface area contributed by atoms with Gasteiger partial charge in [-0.25, -0.2) is 0 Å². The third kappa shape index (κ3) is 7.74. The Morgan fingerprint density at radius 1 is 0.647 bits per heavy atom. The van der Waals surface area contributed by atoms with Crippen LogP contribution in [0.2, 0.25) is 0 Å². The first-order valence-corrected chi connectivity index (χ1v) is 6.97. The Morgan fingerprint density at radius 2 is 1.06 bits per heavy atom. The molecule has 0 fully saturated rings. The number of ether oxygens (including phenoxy) is 3. The van der Waals surface area contributed by atoms with Gasteiger partial charge in [-0.1, -0.05) is 27.7 Å². The zero-order valence-electron chi connectivity index (χ0n) is 12.2. The van der Waals surface area contributed by atoms with Crippen LogP contribution in [0.25, 0.3) is 0 Å². The quantitative estimate of drug-likeness (QED) is 0.559. The Bertz CT molecular complexity index is 138. The molecule has 0 bridgehead atoms. The molecule has 0 aliphatic heterocycles. The van der Waals surface area contributed by atoms with Gasteiger partial charge in [-0.15, -0.1) is 0 Å². The van der Waals surface area contributed by atoms with E-state index >= 15 is 0 Å². The molecule has 0 spiro atoms. The van der Waals surface area contributed by atoms with Crippen molar-refractivity contribution >= 4 is 0 Å². The van der Waals surface area contributed by atoms with Crippen LogP contribution in [0.3, 0.4) is 0 Å². The van der Waals surface area contributed by atoms with Gasteiger partial charge in [0, 0.05) is 7.11 Å². The number of rotatable bonds is 11. The summed E-state index contributed by atoms with van der Waals surface area (Å²) in [5.41, 5.74) is 0. The van der Waals surface area contributed by atoms with Crippen LogP contribution in [0.4, 0.5) is 0 Å².